The third-order valence-electron chi connectivity index (χ3n) is 3.02. The number of ether oxygens (including phenoxy) is 2. The Morgan fingerprint density at radius 2 is 2.04 bits per heavy atom. The van der Waals surface area contributed by atoms with Crippen LogP contribution in [0.15, 0.2) is 18.2 Å². The van der Waals surface area contributed by atoms with Crippen LogP contribution < -0.4 is 9.47 Å². The molecule has 0 saturated carbocycles. The van der Waals surface area contributed by atoms with E-state index in [0.29, 0.717) is 35.2 Å². The van der Waals surface area contributed by atoms with Gasteiger partial charge in [-0.05, 0) is 43.3 Å². The van der Waals surface area contributed by atoms with E-state index in [4.69, 9.17) is 17.0 Å². The van der Waals surface area contributed by atoms with Gasteiger partial charge in [0.1, 0.15) is 0 Å². The number of hydrogen-bond acceptors (Lipinski definition) is 4. The number of H-pyrrole nitrogens is 1. The Labute approximate surface area is 138 Å². The van der Waals surface area contributed by atoms with E-state index in [1.807, 2.05) is 4.57 Å². The Bertz CT molecular complexity index is 713. The summed E-state index contributed by atoms with van der Waals surface area (Å²) in [5.74, 6) is 1.25. The zero-order valence-corrected chi connectivity index (χ0v) is 14.0. The summed E-state index contributed by atoms with van der Waals surface area (Å²) < 4.78 is 37.2. The molecule has 5 nitrogen and oxygen atoms in total. The fourth-order valence-electron chi connectivity index (χ4n) is 2.18. The lowest BCUT2D eigenvalue weighted by Crippen LogP contribution is -2.07. The molecular weight excluding hydrogens is 324 g/mol. The smallest absolute Gasteiger partial charge is 0.387 e. The minimum atomic E-state index is -2.91. The molecule has 2 aromatic rings. The molecule has 0 atom stereocenters. The summed E-state index contributed by atoms with van der Waals surface area (Å²) in [5, 5.41) is 7.00. The van der Waals surface area contributed by atoms with E-state index in [9.17, 15) is 8.78 Å². The first kappa shape index (κ1) is 17.4. The van der Waals surface area contributed by atoms with Gasteiger partial charge in [-0.25, -0.2) is 0 Å². The van der Waals surface area contributed by atoms with Crippen LogP contribution in [0, 0.1) is 10.7 Å². The summed E-state index contributed by atoms with van der Waals surface area (Å²) >= 11 is 5.25. The molecule has 23 heavy (non-hydrogen) atoms. The Morgan fingerprint density at radius 1 is 1.30 bits per heavy atom. The largest absolute Gasteiger partial charge is 0.490 e. The molecule has 0 unspecified atom stereocenters. The maximum atomic E-state index is 12.5. The molecule has 0 radical (unpaired) electrons. The second-order valence-electron chi connectivity index (χ2n) is 5.33. The highest BCUT2D eigenvalue weighted by atomic mass is 32.1. The lowest BCUT2D eigenvalue weighted by molar-refractivity contribution is -0.0514. The van der Waals surface area contributed by atoms with Gasteiger partial charge in [0.05, 0.1) is 6.61 Å². The number of aromatic nitrogens is 3. The number of alkyl halides is 2. The van der Waals surface area contributed by atoms with Crippen molar-refractivity contribution in [3.8, 4) is 22.9 Å². The normalized spacial score (nSPS) is 11.3. The summed E-state index contributed by atoms with van der Waals surface area (Å²) in [7, 11) is 0. The zero-order valence-electron chi connectivity index (χ0n) is 13.2. The summed E-state index contributed by atoms with van der Waals surface area (Å²) in [4.78, 5) is 0. The SMILES string of the molecule is CCOc1cc(-c2n[nH]c(=S)n2CC(C)C)ccc1OC(F)F. The Morgan fingerprint density at radius 3 is 2.65 bits per heavy atom. The zero-order chi connectivity index (χ0) is 17.0. The summed E-state index contributed by atoms with van der Waals surface area (Å²) in [6.45, 7) is 4.04. The molecule has 0 aliphatic rings. The van der Waals surface area contributed by atoms with Crippen LogP contribution in [0.1, 0.15) is 20.8 Å². The third kappa shape index (κ3) is 4.28. The van der Waals surface area contributed by atoms with Gasteiger partial charge in [-0.15, -0.1) is 0 Å². The van der Waals surface area contributed by atoms with Crippen LogP contribution in [0.5, 0.6) is 11.5 Å². The van der Waals surface area contributed by atoms with Crippen molar-refractivity contribution in [2.75, 3.05) is 6.61 Å². The molecule has 2 rings (SSSR count). The van der Waals surface area contributed by atoms with Crippen LogP contribution in [0.4, 0.5) is 8.78 Å². The van der Waals surface area contributed by atoms with Gasteiger partial charge in [-0.3, -0.25) is 9.67 Å². The van der Waals surface area contributed by atoms with Crippen molar-refractivity contribution in [1.29, 1.82) is 0 Å². The number of nitrogens with one attached hydrogen (secondary N) is 1. The molecule has 1 aromatic heterocycles. The lowest BCUT2D eigenvalue weighted by atomic mass is 10.1. The van der Waals surface area contributed by atoms with Crippen LogP contribution in [-0.4, -0.2) is 28.0 Å². The van der Waals surface area contributed by atoms with E-state index in [2.05, 4.69) is 28.8 Å². The van der Waals surface area contributed by atoms with E-state index < -0.39 is 6.61 Å². The standard InChI is InChI=1S/C15H19F2N3O2S/c1-4-21-12-7-10(5-6-11(12)22-14(16)17)13-18-19-15(23)20(13)8-9(2)3/h5-7,9,14H,4,8H2,1-3H3,(H,19,23). The van der Waals surface area contributed by atoms with Crippen molar-refractivity contribution in [2.45, 2.75) is 33.9 Å². The summed E-state index contributed by atoms with van der Waals surface area (Å²) in [6, 6.07) is 4.73. The third-order valence-corrected chi connectivity index (χ3v) is 3.34. The van der Waals surface area contributed by atoms with E-state index in [0.717, 1.165) is 0 Å². The fraction of sp³-hybridized carbons (Fsp3) is 0.467. The van der Waals surface area contributed by atoms with E-state index >= 15 is 0 Å². The molecule has 0 amide bonds. The van der Waals surface area contributed by atoms with E-state index in [-0.39, 0.29) is 11.5 Å². The highest BCUT2D eigenvalue weighted by Crippen LogP contribution is 2.33. The van der Waals surface area contributed by atoms with Crippen LogP contribution in [-0.2, 0) is 6.54 Å². The van der Waals surface area contributed by atoms with Gasteiger partial charge < -0.3 is 9.47 Å². The maximum Gasteiger partial charge on any atom is 0.387 e. The first-order valence-electron chi connectivity index (χ1n) is 7.29. The summed E-state index contributed by atoms with van der Waals surface area (Å²) in [6.07, 6.45) is 0. The van der Waals surface area contributed by atoms with Crippen molar-refractivity contribution in [3.05, 3.63) is 23.0 Å². The van der Waals surface area contributed by atoms with Gasteiger partial charge in [-0.2, -0.15) is 13.9 Å². The van der Waals surface area contributed by atoms with Crippen molar-refractivity contribution in [1.82, 2.24) is 14.8 Å². The quantitative estimate of drug-likeness (QED) is 0.763. The molecule has 0 fully saturated rings. The van der Waals surface area contributed by atoms with Crippen molar-refractivity contribution in [3.63, 3.8) is 0 Å². The Kier molecular flexibility index (Phi) is 5.70. The van der Waals surface area contributed by atoms with E-state index in [1.54, 1.807) is 19.1 Å². The molecule has 0 aliphatic heterocycles. The van der Waals surface area contributed by atoms with Crippen LogP contribution in [0.3, 0.4) is 0 Å². The molecule has 0 spiro atoms. The average molecular weight is 343 g/mol. The number of nitrogens with zero attached hydrogens (tertiary/aromatic N) is 2. The molecule has 1 N–H and O–H groups in total. The molecule has 1 heterocycles. The fourth-order valence-corrected chi connectivity index (χ4v) is 2.39. The Hall–Kier alpha value is -1.96. The average Bonchev–Trinajstić information content (AvgIpc) is 2.81. The second-order valence-corrected chi connectivity index (χ2v) is 5.72. The number of aromatic amines is 1. The minimum Gasteiger partial charge on any atom is -0.490 e. The van der Waals surface area contributed by atoms with Gasteiger partial charge in [0.2, 0.25) is 0 Å². The highest BCUT2D eigenvalue weighted by molar-refractivity contribution is 7.71. The minimum absolute atomic E-state index is 0.00450. The first-order valence-corrected chi connectivity index (χ1v) is 7.70. The van der Waals surface area contributed by atoms with Crippen molar-refractivity contribution >= 4 is 12.2 Å². The molecule has 126 valence electrons. The predicted molar refractivity (Wildman–Crippen MR) is 85.5 cm³/mol. The molecule has 1 aromatic carbocycles. The maximum absolute atomic E-state index is 12.5. The van der Waals surface area contributed by atoms with Crippen LogP contribution >= 0.6 is 12.2 Å². The highest BCUT2D eigenvalue weighted by Gasteiger charge is 2.15. The van der Waals surface area contributed by atoms with Gasteiger partial charge in [0.25, 0.3) is 0 Å². The topological polar surface area (TPSA) is 52.1 Å². The van der Waals surface area contributed by atoms with Crippen molar-refractivity contribution in [2.24, 2.45) is 5.92 Å². The second kappa shape index (κ2) is 7.54. The van der Waals surface area contributed by atoms with Gasteiger partial charge in [0.15, 0.2) is 22.1 Å². The van der Waals surface area contributed by atoms with Gasteiger partial charge >= 0.3 is 6.61 Å². The molecular formula is C15H19F2N3O2S. The van der Waals surface area contributed by atoms with Gasteiger partial charge in [-0.1, -0.05) is 13.8 Å². The predicted octanol–water partition coefficient (Wildman–Crippen LogP) is 4.26. The molecule has 0 saturated heterocycles. The molecule has 0 bridgehead atoms. The molecule has 0 aliphatic carbocycles. The van der Waals surface area contributed by atoms with E-state index in [1.165, 1.54) is 6.07 Å². The van der Waals surface area contributed by atoms with Crippen LogP contribution in [0.2, 0.25) is 0 Å². The van der Waals surface area contributed by atoms with Gasteiger partial charge in [0, 0.05) is 12.1 Å². The first-order chi connectivity index (χ1) is 10.9. The van der Waals surface area contributed by atoms with Crippen LogP contribution in [0.25, 0.3) is 11.4 Å². The monoisotopic (exact) mass is 343 g/mol. The number of benzene rings is 1. The number of halogens is 2. The number of hydrogen-bond donors (Lipinski definition) is 1. The number of rotatable bonds is 7. The summed E-state index contributed by atoms with van der Waals surface area (Å²) in [5.41, 5.74) is 0.711. The molecule has 8 heteroatoms. The van der Waals surface area contributed by atoms with Crippen molar-refractivity contribution < 1.29 is 18.3 Å². The lowest BCUT2D eigenvalue weighted by Gasteiger charge is -2.13. The Balaban J connectivity index is 2.44.